The lowest BCUT2D eigenvalue weighted by Crippen LogP contribution is -2.09. The van der Waals surface area contributed by atoms with E-state index in [1.165, 1.54) is 11.3 Å². The Morgan fingerprint density at radius 3 is 2.63 bits per heavy atom. The third-order valence-corrected chi connectivity index (χ3v) is 7.44. The third-order valence-electron chi connectivity index (χ3n) is 5.27. The van der Waals surface area contributed by atoms with E-state index in [4.69, 9.17) is 9.47 Å². The van der Waals surface area contributed by atoms with Crippen LogP contribution in [0.3, 0.4) is 0 Å². The number of ketones is 1. The van der Waals surface area contributed by atoms with Crippen LogP contribution in [-0.4, -0.2) is 21.8 Å². The van der Waals surface area contributed by atoms with Crippen LogP contribution < -0.4 is 9.47 Å². The van der Waals surface area contributed by atoms with Crippen LogP contribution in [0.25, 0.3) is 10.6 Å². The van der Waals surface area contributed by atoms with Gasteiger partial charge >= 0.3 is 0 Å². The number of rotatable bonds is 6. The smallest absolute Gasteiger partial charge is 0.231 e. The van der Waals surface area contributed by atoms with Gasteiger partial charge in [-0.15, -0.1) is 11.3 Å². The second-order valence-corrected chi connectivity index (χ2v) is 9.80. The van der Waals surface area contributed by atoms with Crippen LogP contribution in [0.5, 0.6) is 11.5 Å². The standard InChI is InChI=1S/C23H23NO4S2/c1-13-7-14(2)22(16(4)25)15(3)19(13)11-30(26)10-18-9-29-23(24-18)17-5-6-20-21(8-17)28-12-27-20/h5-9H,10-12H2,1-4H3/t30-/m0/s1. The molecule has 4 rings (SSSR count). The van der Waals surface area contributed by atoms with E-state index in [2.05, 4.69) is 4.98 Å². The number of thiazole rings is 1. The molecule has 0 fully saturated rings. The van der Waals surface area contributed by atoms with Crippen LogP contribution in [0.15, 0.2) is 29.6 Å². The second kappa shape index (κ2) is 8.32. The first-order chi connectivity index (χ1) is 14.3. The highest BCUT2D eigenvalue weighted by Crippen LogP contribution is 2.36. The maximum Gasteiger partial charge on any atom is 0.231 e. The van der Waals surface area contributed by atoms with Crippen LogP contribution >= 0.6 is 11.3 Å². The number of carbonyl (C=O) groups is 1. The number of Topliss-reactive ketones (excluding diaryl/α,β-unsaturated/α-hetero) is 1. The molecule has 0 unspecified atom stereocenters. The summed E-state index contributed by atoms with van der Waals surface area (Å²) in [5.74, 6) is 2.30. The summed E-state index contributed by atoms with van der Waals surface area (Å²) in [5, 5.41) is 2.81. The van der Waals surface area contributed by atoms with Gasteiger partial charge in [0.15, 0.2) is 17.3 Å². The molecule has 2 heterocycles. The van der Waals surface area contributed by atoms with Gasteiger partial charge in [-0.05, 0) is 68.1 Å². The average molecular weight is 442 g/mol. The van der Waals surface area contributed by atoms with Crippen molar-refractivity contribution in [2.45, 2.75) is 39.2 Å². The molecule has 1 aromatic heterocycles. The van der Waals surface area contributed by atoms with Gasteiger partial charge in [-0.3, -0.25) is 9.00 Å². The summed E-state index contributed by atoms with van der Waals surface area (Å²) in [6.45, 7) is 7.73. The van der Waals surface area contributed by atoms with E-state index in [1.807, 2.05) is 50.4 Å². The molecule has 1 atom stereocenters. The number of ether oxygens (including phenoxy) is 2. The molecule has 2 aromatic carbocycles. The monoisotopic (exact) mass is 441 g/mol. The Morgan fingerprint density at radius 2 is 1.87 bits per heavy atom. The number of hydrogen-bond donors (Lipinski definition) is 0. The summed E-state index contributed by atoms with van der Waals surface area (Å²) >= 11 is 1.52. The molecule has 0 saturated heterocycles. The molecule has 3 aromatic rings. The van der Waals surface area contributed by atoms with Gasteiger partial charge in [0.1, 0.15) is 5.01 Å². The number of hydrogen-bond acceptors (Lipinski definition) is 6. The Hall–Kier alpha value is -2.51. The first-order valence-corrected chi connectivity index (χ1v) is 12.0. The van der Waals surface area contributed by atoms with Crippen molar-refractivity contribution < 1.29 is 18.5 Å². The summed E-state index contributed by atoms with van der Waals surface area (Å²) in [6, 6.07) is 7.77. The maximum absolute atomic E-state index is 12.9. The summed E-state index contributed by atoms with van der Waals surface area (Å²) in [6.07, 6.45) is 0. The molecule has 0 radical (unpaired) electrons. The predicted octanol–water partition coefficient (Wildman–Crippen LogP) is 5.12. The minimum Gasteiger partial charge on any atom is -0.454 e. The fraction of sp³-hybridized carbons (Fsp3) is 0.304. The van der Waals surface area contributed by atoms with Gasteiger partial charge in [0.05, 0.1) is 11.4 Å². The Bertz CT molecular complexity index is 1170. The second-order valence-electron chi connectivity index (χ2n) is 7.49. The molecule has 0 aliphatic carbocycles. The minimum absolute atomic E-state index is 0.0462. The zero-order valence-corrected chi connectivity index (χ0v) is 19.0. The molecule has 30 heavy (non-hydrogen) atoms. The number of aryl methyl sites for hydroxylation is 2. The SMILES string of the molecule is CC(=O)c1c(C)cc(C)c(C[S@@](=O)Cc2csc(-c3ccc4c(c3)OCO4)n2)c1C. The zero-order valence-electron chi connectivity index (χ0n) is 17.4. The van der Waals surface area contributed by atoms with Crippen molar-refractivity contribution in [3.63, 3.8) is 0 Å². The van der Waals surface area contributed by atoms with Crippen LogP contribution in [0, 0.1) is 20.8 Å². The third kappa shape index (κ3) is 4.04. The summed E-state index contributed by atoms with van der Waals surface area (Å²) < 4.78 is 23.7. The van der Waals surface area contributed by atoms with Crippen LogP contribution in [-0.2, 0) is 22.3 Å². The quantitative estimate of drug-likeness (QED) is 0.497. The van der Waals surface area contributed by atoms with Crippen LogP contribution in [0.2, 0.25) is 0 Å². The zero-order chi connectivity index (χ0) is 21.4. The molecule has 1 aliphatic rings. The maximum atomic E-state index is 12.9. The van der Waals surface area contributed by atoms with Crippen molar-refractivity contribution in [2.24, 2.45) is 0 Å². The normalized spacial score (nSPS) is 13.5. The van der Waals surface area contributed by atoms with Gasteiger partial charge < -0.3 is 9.47 Å². The van der Waals surface area contributed by atoms with Crippen molar-refractivity contribution >= 4 is 27.9 Å². The lowest BCUT2D eigenvalue weighted by atomic mass is 9.92. The fourth-order valence-corrected chi connectivity index (χ4v) is 6.17. The summed E-state index contributed by atoms with van der Waals surface area (Å²) in [5.41, 5.74) is 6.48. The Balaban J connectivity index is 1.51. The Morgan fingerprint density at radius 1 is 1.10 bits per heavy atom. The summed E-state index contributed by atoms with van der Waals surface area (Å²) in [7, 11) is -1.13. The van der Waals surface area contributed by atoms with Crippen molar-refractivity contribution in [1.82, 2.24) is 4.98 Å². The van der Waals surface area contributed by atoms with Gasteiger partial charge in [0.25, 0.3) is 0 Å². The highest BCUT2D eigenvalue weighted by molar-refractivity contribution is 7.83. The van der Waals surface area contributed by atoms with E-state index in [0.29, 0.717) is 11.5 Å². The van der Waals surface area contributed by atoms with Gasteiger partial charge in [-0.1, -0.05) is 6.07 Å². The number of nitrogens with zero attached hydrogens (tertiary/aromatic N) is 1. The van der Waals surface area contributed by atoms with E-state index < -0.39 is 10.8 Å². The number of carbonyl (C=O) groups excluding carboxylic acids is 1. The van der Waals surface area contributed by atoms with Gasteiger partial charge in [-0.25, -0.2) is 4.98 Å². The van der Waals surface area contributed by atoms with E-state index in [9.17, 15) is 9.00 Å². The van der Waals surface area contributed by atoms with Gasteiger partial charge in [0.2, 0.25) is 6.79 Å². The van der Waals surface area contributed by atoms with E-state index in [-0.39, 0.29) is 12.6 Å². The molecule has 7 heteroatoms. The molecule has 0 amide bonds. The minimum atomic E-state index is -1.13. The van der Waals surface area contributed by atoms with Gasteiger partial charge in [-0.2, -0.15) is 0 Å². The average Bonchev–Trinajstić information content (AvgIpc) is 3.33. The Labute approximate surface area is 182 Å². The molecule has 1 aliphatic heterocycles. The molecule has 0 spiro atoms. The molecule has 156 valence electrons. The number of aromatic nitrogens is 1. The first kappa shape index (κ1) is 20.8. The van der Waals surface area contributed by atoms with Crippen molar-refractivity contribution in [3.05, 3.63) is 63.2 Å². The van der Waals surface area contributed by atoms with Crippen molar-refractivity contribution in [1.29, 1.82) is 0 Å². The van der Waals surface area contributed by atoms with Crippen molar-refractivity contribution in [2.75, 3.05) is 6.79 Å². The van der Waals surface area contributed by atoms with E-state index in [0.717, 1.165) is 55.6 Å². The molecule has 0 saturated carbocycles. The van der Waals surface area contributed by atoms with Gasteiger partial charge in [0, 0.05) is 33.1 Å². The van der Waals surface area contributed by atoms with E-state index in [1.54, 1.807) is 6.92 Å². The van der Waals surface area contributed by atoms with Crippen LogP contribution in [0.4, 0.5) is 0 Å². The van der Waals surface area contributed by atoms with E-state index >= 15 is 0 Å². The largest absolute Gasteiger partial charge is 0.454 e. The molecule has 0 N–H and O–H groups in total. The lowest BCUT2D eigenvalue weighted by molar-refractivity contribution is 0.101. The number of benzene rings is 2. The fourth-order valence-electron chi connectivity index (χ4n) is 3.90. The molecular formula is C23H23NO4S2. The Kier molecular flexibility index (Phi) is 5.75. The molecular weight excluding hydrogens is 418 g/mol. The first-order valence-electron chi connectivity index (χ1n) is 9.63. The molecule has 0 bridgehead atoms. The highest BCUT2D eigenvalue weighted by Gasteiger charge is 2.18. The topological polar surface area (TPSA) is 65.5 Å². The predicted molar refractivity (Wildman–Crippen MR) is 120 cm³/mol. The summed E-state index contributed by atoms with van der Waals surface area (Å²) in [4.78, 5) is 16.7. The van der Waals surface area contributed by atoms with Crippen LogP contribution in [0.1, 0.15) is 45.2 Å². The highest BCUT2D eigenvalue weighted by atomic mass is 32.2. The van der Waals surface area contributed by atoms with Crippen molar-refractivity contribution in [3.8, 4) is 22.1 Å². The number of fused-ring (bicyclic) bond motifs is 1. The molecule has 5 nitrogen and oxygen atoms in total. The lowest BCUT2D eigenvalue weighted by Gasteiger charge is -2.15.